The summed E-state index contributed by atoms with van der Waals surface area (Å²) in [7, 11) is 0. The highest BCUT2D eigenvalue weighted by Gasteiger charge is 2.21. The molecule has 0 unspecified atom stereocenters. The summed E-state index contributed by atoms with van der Waals surface area (Å²) in [5.74, 6) is -0.651. The van der Waals surface area contributed by atoms with Crippen molar-refractivity contribution < 1.29 is 14.1 Å². The summed E-state index contributed by atoms with van der Waals surface area (Å²) in [5.41, 5.74) is 0. The molecular weight excluding hydrogens is 250 g/mol. The van der Waals surface area contributed by atoms with E-state index in [1.807, 2.05) is 0 Å². The van der Waals surface area contributed by atoms with Crippen LogP contribution in [0.25, 0.3) is 0 Å². The Balaban J connectivity index is 2.17. The van der Waals surface area contributed by atoms with Crippen molar-refractivity contribution in [2.75, 3.05) is 0 Å². The molecule has 88 valence electrons. The number of ketones is 1. The molecule has 0 bridgehead atoms. The van der Waals surface area contributed by atoms with Crippen molar-refractivity contribution in [2.24, 2.45) is 0 Å². The van der Waals surface area contributed by atoms with E-state index in [9.17, 15) is 14.9 Å². The zero-order valence-corrected chi connectivity index (χ0v) is 9.13. The zero-order chi connectivity index (χ0) is 12.4. The van der Waals surface area contributed by atoms with Gasteiger partial charge in [0.25, 0.3) is 0 Å². The average Bonchev–Trinajstić information content (AvgIpc) is 2.86. The first kappa shape index (κ1) is 11.3. The Morgan fingerprint density at radius 2 is 2.41 bits per heavy atom. The van der Waals surface area contributed by atoms with Gasteiger partial charge >= 0.3 is 5.82 Å². The third-order valence-corrected chi connectivity index (χ3v) is 2.24. The molecular formula is C9H6ClN3O4. The van der Waals surface area contributed by atoms with Crippen molar-refractivity contribution >= 4 is 23.2 Å². The molecule has 0 atom stereocenters. The maximum Gasteiger partial charge on any atom is 0.408 e. The predicted octanol–water partition coefficient (Wildman–Crippen LogP) is 1.92. The second-order valence-corrected chi connectivity index (χ2v) is 3.56. The minimum atomic E-state index is -0.712. The summed E-state index contributed by atoms with van der Waals surface area (Å²) >= 11 is 5.59. The summed E-state index contributed by atoms with van der Waals surface area (Å²) in [5, 5.41) is 14.0. The van der Waals surface area contributed by atoms with E-state index in [-0.39, 0.29) is 23.1 Å². The molecule has 2 aromatic rings. The lowest BCUT2D eigenvalue weighted by atomic mass is 10.3. The molecule has 7 nitrogen and oxygen atoms in total. The molecule has 0 aliphatic rings. The molecule has 0 saturated heterocycles. The fraction of sp³-hybridized carbons (Fsp3) is 0.111. The van der Waals surface area contributed by atoms with Crippen LogP contribution in [-0.2, 0) is 6.54 Å². The Kier molecular flexibility index (Phi) is 2.92. The summed E-state index contributed by atoms with van der Waals surface area (Å²) in [6.45, 7) is -0.166. The highest BCUT2D eigenvalue weighted by atomic mass is 35.5. The number of hydrogen-bond donors (Lipinski definition) is 0. The number of aromatic nitrogens is 2. The minimum Gasteiger partial charge on any atom is -0.461 e. The molecule has 17 heavy (non-hydrogen) atoms. The molecule has 0 aliphatic carbocycles. The highest BCUT2D eigenvalue weighted by molar-refractivity contribution is 6.32. The third kappa shape index (κ3) is 2.34. The third-order valence-electron chi connectivity index (χ3n) is 1.97. The van der Waals surface area contributed by atoms with Crippen LogP contribution < -0.4 is 0 Å². The number of nitro groups is 1. The second-order valence-electron chi connectivity index (χ2n) is 3.16. The van der Waals surface area contributed by atoms with Gasteiger partial charge in [-0.1, -0.05) is 11.6 Å². The first-order valence-corrected chi connectivity index (χ1v) is 4.90. The Bertz CT molecular complexity index is 561. The van der Waals surface area contributed by atoms with Crippen molar-refractivity contribution in [2.45, 2.75) is 6.54 Å². The van der Waals surface area contributed by atoms with Crippen molar-refractivity contribution in [1.82, 2.24) is 9.78 Å². The van der Waals surface area contributed by atoms with Crippen LogP contribution in [0.15, 0.2) is 29.0 Å². The normalized spacial score (nSPS) is 10.4. The van der Waals surface area contributed by atoms with Crippen LogP contribution in [0.5, 0.6) is 0 Å². The van der Waals surface area contributed by atoms with Gasteiger partial charge in [-0.25, -0.2) is 0 Å². The molecule has 0 aromatic carbocycles. The summed E-state index contributed by atoms with van der Waals surface area (Å²) in [6.07, 6.45) is 2.59. The molecule has 0 fully saturated rings. The molecule has 0 spiro atoms. The summed E-state index contributed by atoms with van der Waals surface area (Å²) in [4.78, 5) is 21.4. The number of carbonyl (C=O) groups excluding carboxylic acids is 1. The molecule has 0 radical (unpaired) electrons. The molecule has 8 heteroatoms. The van der Waals surface area contributed by atoms with Crippen LogP contribution in [0.4, 0.5) is 5.82 Å². The van der Waals surface area contributed by atoms with E-state index in [4.69, 9.17) is 16.0 Å². The Labute approximate surface area is 99.7 Å². The fourth-order valence-electron chi connectivity index (χ4n) is 1.25. The Morgan fingerprint density at radius 1 is 1.65 bits per heavy atom. The van der Waals surface area contributed by atoms with Gasteiger partial charge in [0.05, 0.1) is 17.6 Å². The van der Waals surface area contributed by atoms with E-state index in [2.05, 4.69) is 5.10 Å². The van der Waals surface area contributed by atoms with E-state index in [1.54, 1.807) is 6.07 Å². The van der Waals surface area contributed by atoms with Crippen LogP contribution >= 0.6 is 11.6 Å². The van der Waals surface area contributed by atoms with Crippen LogP contribution in [0, 0.1) is 10.1 Å². The summed E-state index contributed by atoms with van der Waals surface area (Å²) in [6, 6.07) is 3.08. The maximum atomic E-state index is 11.6. The molecule has 0 aliphatic heterocycles. The van der Waals surface area contributed by atoms with E-state index in [1.165, 1.54) is 18.5 Å². The first-order valence-electron chi connectivity index (χ1n) is 4.52. The number of halogens is 1. The number of carbonyl (C=O) groups is 1. The van der Waals surface area contributed by atoms with Gasteiger partial charge in [-0.15, -0.1) is 0 Å². The van der Waals surface area contributed by atoms with Crippen molar-refractivity contribution in [3.05, 3.63) is 45.5 Å². The number of nitrogens with zero attached hydrogens (tertiary/aromatic N) is 3. The molecule has 0 saturated carbocycles. The van der Waals surface area contributed by atoms with E-state index in [0.29, 0.717) is 0 Å². The van der Waals surface area contributed by atoms with Gasteiger partial charge < -0.3 is 14.5 Å². The minimum absolute atomic E-state index is 0.109. The molecule has 2 aromatic heterocycles. The lowest BCUT2D eigenvalue weighted by molar-refractivity contribution is -0.389. The molecule has 0 N–H and O–H groups in total. The highest BCUT2D eigenvalue weighted by Crippen LogP contribution is 2.21. The van der Waals surface area contributed by atoms with E-state index >= 15 is 0 Å². The standard InChI is InChI=1S/C9H6ClN3O4/c10-6-4-12(11-9(6)13(15)16)5-7(14)8-2-1-3-17-8/h1-4H,5H2. The lowest BCUT2D eigenvalue weighted by Gasteiger charge is -1.93. The second kappa shape index (κ2) is 4.38. The Morgan fingerprint density at radius 3 is 2.94 bits per heavy atom. The van der Waals surface area contributed by atoms with E-state index < -0.39 is 10.7 Å². The summed E-state index contributed by atoms with van der Waals surface area (Å²) < 4.78 is 6.00. The predicted molar refractivity (Wildman–Crippen MR) is 56.9 cm³/mol. The number of Topliss-reactive ketones (excluding diaryl/α,β-unsaturated/α-hetero) is 1. The van der Waals surface area contributed by atoms with Gasteiger partial charge in [0.1, 0.15) is 6.54 Å². The van der Waals surface area contributed by atoms with Gasteiger partial charge in [0, 0.05) is 0 Å². The molecule has 2 rings (SSSR count). The van der Waals surface area contributed by atoms with Crippen LogP contribution in [0.3, 0.4) is 0 Å². The fourth-order valence-corrected chi connectivity index (χ4v) is 1.47. The number of furan rings is 1. The van der Waals surface area contributed by atoms with Gasteiger partial charge in [0.15, 0.2) is 10.8 Å². The van der Waals surface area contributed by atoms with Crippen LogP contribution in [-0.4, -0.2) is 20.5 Å². The molecule has 2 heterocycles. The van der Waals surface area contributed by atoms with Gasteiger partial charge in [-0.05, 0) is 17.1 Å². The van der Waals surface area contributed by atoms with Crippen molar-refractivity contribution in [1.29, 1.82) is 0 Å². The smallest absolute Gasteiger partial charge is 0.408 e. The number of hydrogen-bond acceptors (Lipinski definition) is 5. The van der Waals surface area contributed by atoms with E-state index in [0.717, 1.165) is 4.68 Å². The largest absolute Gasteiger partial charge is 0.461 e. The monoisotopic (exact) mass is 255 g/mol. The van der Waals surface area contributed by atoms with Gasteiger partial charge in [-0.3, -0.25) is 4.79 Å². The topological polar surface area (TPSA) is 91.2 Å². The Hall–Kier alpha value is -2.15. The van der Waals surface area contributed by atoms with Gasteiger partial charge in [0.2, 0.25) is 5.78 Å². The zero-order valence-electron chi connectivity index (χ0n) is 8.37. The SMILES string of the molecule is O=C(Cn1cc(Cl)c([N+](=O)[O-])n1)c1ccco1. The number of rotatable bonds is 4. The average molecular weight is 256 g/mol. The quantitative estimate of drug-likeness (QED) is 0.473. The maximum absolute atomic E-state index is 11.6. The lowest BCUT2D eigenvalue weighted by Crippen LogP contribution is -2.10. The van der Waals surface area contributed by atoms with Gasteiger partial charge in [-0.2, -0.15) is 4.68 Å². The van der Waals surface area contributed by atoms with Crippen LogP contribution in [0.2, 0.25) is 5.02 Å². The van der Waals surface area contributed by atoms with Crippen molar-refractivity contribution in [3.8, 4) is 0 Å². The first-order chi connectivity index (χ1) is 8.08. The van der Waals surface area contributed by atoms with Crippen molar-refractivity contribution in [3.63, 3.8) is 0 Å². The molecule has 0 amide bonds. The van der Waals surface area contributed by atoms with Crippen LogP contribution in [0.1, 0.15) is 10.6 Å².